The van der Waals surface area contributed by atoms with E-state index >= 15 is 0 Å². The van der Waals surface area contributed by atoms with Gasteiger partial charge in [-0.05, 0) is 50.2 Å². The van der Waals surface area contributed by atoms with Crippen LogP contribution in [0.4, 0.5) is 0 Å². The Hall–Kier alpha value is -3.28. The lowest BCUT2D eigenvalue weighted by atomic mass is 10.1. The lowest BCUT2D eigenvalue weighted by Gasteiger charge is -2.15. The van der Waals surface area contributed by atoms with Crippen molar-refractivity contribution in [3.63, 3.8) is 0 Å². The molecule has 0 radical (unpaired) electrons. The molecule has 0 aliphatic rings. The van der Waals surface area contributed by atoms with Gasteiger partial charge in [0.2, 0.25) is 0 Å². The fourth-order valence-electron chi connectivity index (χ4n) is 3.65. The summed E-state index contributed by atoms with van der Waals surface area (Å²) in [6.45, 7) is 3.67. The number of benzene rings is 2. The molecule has 1 atom stereocenters. The molecule has 0 aliphatic heterocycles. The minimum Gasteiger partial charge on any atom is -0.609 e. The summed E-state index contributed by atoms with van der Waals surface area (Å²) in [6.07, 6.45) is 1.62. The van der Waals surface area contributed by atoms with Crippen LogP contribution in [0.3, 0.4) is 0 Å². The molecule has 2 aromatic carbocycles. The Balaban J connectivity index is 1.88. The van der Waals surface area contributed by atoms with Crippen LogP contribution in [-0.2, 0) is 27.0 Å². The number of methoxy groups -OCH3 is 2. The van der Waals surface area contributed by atoms with E-state index in [1.54, 1.807) is 31.5 Å². The molecule has 4 aromatic rings. The van der Waals surface area contributed by atoms with Gasteiger partial charge in [0.25, 0.3) is 10.0 Å². The van der Waals surface area contributed by atoms with Gasteiger partial charge in [-0.15, -0.1) is 0 Å². The van der Waals surface area contributed by atoms with Gasteiger partial charge in [0.15, 0.2) is 5.75 Å². The summed E-state index contributed by atoms with van der Waals surface area (Å²) in [5.74, 6) is 0.987. The van der Waals surface area contributed by atoms with E-state index in [-0.39, 0.29) is 27.1 Å². The summed E-state index contributed by atoms with van der Waals surface area (Å²) in [4.78, 5) is 8.72. The van der Waals surface area contributed by atoms with E-state index in [0.29, 0.717) is 22.7 Å². The number of ether oxygens (including phenoxy) is 2. The molecule has 178 valence electrons. The molecule has 1 unspecified atom stereocenters. The van der Waals surface area contributed by atoms with Gasteiger partial charge >= 0.3 is 5.16 Å². The molecule has 11 heteroatoms. The SMILES string of the molecule is COc1ccc2c(c1)nc([S+]([O-])Cc1ncc(C)c(OC)c1C)n2S(=O)(=O)c1ccc(O)cc1. The number of phenols is 1. The molecular formula is C23H23N3O6S2. The second-order valence-corrected chi connectivity index (χ2v) is 10.7. The number of hydrogen-bond acceptors (Lipinski definition) is 8. The molecule has 9 nitrogen and oxygen atoms in total. The zero-order valence-corrected chi connectivity index (χ0v) is 20.6. The molecule has 0 aliphatic carbocycles. The largest absolute Gasteiger partial charge is 0.609 e. The fourth-order valence-corrected chi connectivity index (χ4v) is 6.69. The van der Waals surface area contributed by atoms with E-state index in [2.05, 4.69) is 9.97 Å². The average Bonchev–Trinajstić information content (AvgIpc) is 3.21. The van der Waals surface area contributed by atoms with Crippen molar-refractivity contribution in [2.75, 3.05) is 14.2 Å². The van der Waals surface area contributed by atoms with Crippen molar-refractivity contribution >= 4 is 32.2 Å². The smallest absolute Gasteiger partial charge is 0.338 e. The maximum Gasteiger partial charge on any atom is 0.338 e. The van der Waals surface area contributed by atoms with Crippen LogP contribution >= 0.6 is 0 Å². The number of fused-ring (bicyclic) bond motifs is 1. The van der Waals surface area contributed by atoms with Crippen molar-refractivity contribution in [2.45, 2.75) is 29.7 Å². The van der Waals surface area contributed by atoms with E-state index in [0.717, 1.165) is 15.1 Å². The summed E-state index contributed by atoms with van der Waals surface area (Å²) in [5, 5.41) is 9.44. The van der Waals surface area contributed by atoms with Crippen LogP contribution < -0.4 is 9.47 Å². The van der Waals surface area contributed by atoms with E-state index in [9.17, 15) is 18.1 Å². The maximum absolute atomic E-state index is 13.6. The van der Waals surface area contributed by atoms with Crippen molar-refractivity contribution in [3.05, 3.63) is 65.5 Å². The fraction of sp³-hybridized carbons (Fsp3) is 0.217. The zero-order chi connectivity index (χ0) is 24.6. The Kier molecular flexibility index (Phi) is 6.43. The van der Waals surface area contributed by atoms with Gasteiger partial charge in [0, 0.05) is 34.6 Å². The number of imidazole rings is 1. The third-order valence-electron chi connectivity index (χ3n) is 5.39. The van der Waals surface area contributed by atoms with Crippen molar-refractivity contribution < 1.29 is 27.6 Å². The highest BCUT2D eigenvalue weighted by Gasteiger charge is 2.32. The van der Waals surface area contributed by atoms with Gasteiger partial charge in [-0.1, -0.05) is 0 Å². The number of aromatic hydroxyl groups is 1. The molecular weight excluding hydrogens is 478 g/mol. The van der Waals surface area contributed by atoms with Crippen LogP contribution in [0.5, 0.6) is 17.2 Å². The first-order valence-corrected chi connectivity index (χ1v) is 12.9. The van der Waals surface area contributed by atoms with Gasteiger partial charge in [-0.2, -0.15) is 8.96 Å². The van der Waals surface area contributed by atoms with E-state index in [1.165, 1.54) is 31.4 Å². The highest BCUT2D eigenvalue weighted by atomic mass is 32.2. The molecule has 0 saturated carbocycles. The summed E-state index contributed by atoms with van der Waals surface area (Å²) >= 11 is -1.87. The number of phenolic OH excluding ortho intramolecular Hbond substituents is 1. The van der Waals surface area contributed by atoms with Crippen LogP contribution in [0.15, 0.2) is 58.7 Å². The standard InChI is InChI=1S/C23H23N3O6S2/c1-14-12-24-20(15(2)22(14)32-4)13-33(28)23-25-19-11-17(31-3)7-10-21(19)26(23)34(29,30)18-8-5-16(27)6-9-18/h5-12,27H,13H2,1-4H3. The highest BCUT2D eigenvalue weighted by Crippen LogP contribution is 2.31. The molecule has 0 saturated heterocycles. The van der Waals surface area contributed by atoms with E-state index in [1.807, 2.05) is 13.8 Å². The Bertz CT molecular complexity index is 1470. The maximum atomic E-state index is 13.6. The van der Waals surface area contributed by atoms with Gasteiger partial charge < -0.3 is 19.1 Å². The predicted molar refractivity (Wildman–Crippen MR) is 127 cm³/mol. The van der Waals surface area contributed by atoms with Gasteiger partial charge in [0.05, 0.1) is 35.8 Å². The summed E-state index contributed by atoms with van der Waals surface area (Å²) < 4.78 is 52.4. The second kappa shape index (κ2) is 9.16. The third kappa shape index (κ3) is 4.17. The van der Waals surface area contributed by atoms with E-state index < -0.39 is 21.2 Å². The Morgan fingerprint density at radius 1 is 1.09 bits per heavy atom. The summed E-state index contributed by atoms with van der Waals surface area (Å²) in [5.41, 5.74) is 2.64. The van der Waals surface area contributed by atoms with Crippen molar-refractivity contribution in [1.29, 1.82) is 0 Å². The topological polar surface area (TPSA) is 127 Å². The number of aryl methyl sites for hydroxylation is 1. The molecule has 2 heterocycles. The first-order chi connectivity index (χ1) is 16.2. The first-order valence-electron chi connectivity index (χ1n) is 10.2. The highest BCUT2D eigenvalue weighted by molar-refractivity contribution is 7.93. The number of nitrogens with zero attached hydrogens (tertiary/aromatic N) is 3. The number of hydrogen-bond donors (Lipinski definition) is 1. The zero-order valence-electron chi connectivity index (χ0n) is 19.0. The normalized spacial score (nSPS) is 12.6. The molecule has 0 spiro atoms. The monoisotopic (exact) mass is 501 g/mol. The second-order valence-electron chi connectivity index (χ2n) is 7.55. The summed E-state index contributed by atoms with van der Waals surface area (Å²) in [7, 11) is -1.15. The Morgan fingerprint density at radius 2 is 1.79 bits per heavy atom. The average molecular weight is 502 g/mol. The van der Waals surface area contributed by atoms with Crippen molar-refractivity contribution in [3.8, 4) is 17.2 Å². The molecule has 34 heavy (non-hydrogen) atoms. The van der Waals surface area contributed by atoms with E-state index in [4.69, 9.17) is 9.47 Å². The third-order valence-corrected chi connectivity index (χ3v) is 8.44. The number of aromatic nitrogens is 3. The van der Waals surface area contributed by atoms with Crippen LogP contribution in [-0.4, -0.2) is 46.2 Å². The van der Waals surface area contributed by atoms with Crippen molar-refractivity contribution in [1.82, 2.24) is 13.9 Å². The molecule has 0 fully saturated rings. The predicted octanol–water partition coefficient (Wildman–Crippen LogP) is 3.32. The molecule has 0 amide bonds. The molecule has 2 aromatic heterocycles. The van der Waals surface area contributed by atoms with Crippen LogP contribution in [0.2, 0.25) is 0 Å². The van der Waals surface area contributed by atoms with Gasteiger partial charge in [-0.25, -0.2) is 8.42 Å². The lowest BCUT2D eigenvalue weighted by Crippen LogP contribution is -2.20. The van der Waals surface area contributed by atoms with Gasteiger partial charge in [-0.3, -0.25) is 4.98 Å². The number of pyridine rings is 1. The first kappa shape index (κ1) is 23.9. The number of rotatable bonds is 7. The Labute approximate surface area is 200 Å². The molecule has 0 bridgehead atoms. The van der Waals surface area contributed by atoms with Crippen LogP contribution in [0.1, 0.15) is 16.8 Å². The summed E-state index contributed by atoms with van der Waals surface area (Å²) in [6, 6.07) is 9.85. The Morgan fingerprint density at radius 3 is 2.44 bits per heavy atom. The van der Waals surface area contributed by atoms with Crippen molar-refractivity contribution in [2.24, 2.45) is 0 Å². The minimum atomic E-state index is -4.19. The lowest BCUT2D eigenvalue weighted by molar-refractivity contribution is 0.407. The molecule has 1 N–H and O–H groups in total. The molecule has 4 rings (SSSR count). The quantitative estimate of drug-likeness (QED) is 0.382. The van der Waals surface area contributed by atoms with Crippen LogP contribution in [0.25, 0.3) is 11.0 Å². The minimum absolute atomic E-state index is 0.0615. The van der Waals surface area contributed by atoms with Crippen LogP contribution in [0, 0.1) is 13.8 Å². The van der Waals surface area contributed by atoms with Gasteiger partial charge in [0.1, 0.15) is 17.2 Å².